The van der Waals surface area contributed by atoms with Crippen molar-refractivity contribution in [3.8, 4) is 0 Å². The molecule has 1 nitrogen and oxygen atoms in total. The summed E-state index contributed by atoms with van der Waals surface area (Å²) in [6.45, 7) is 9.63. The summed E-state index contributed by atoms with van der Waals surface area (Å²) in [6, 6.07) is 1.43. The van der Waals surface area contributed by atoms with Crippen molar-refractivity contribution in [2.45, 2.75) is 91.1 Å². The van der Waals surface area contributed by atoms with Gasteiger partial charge in [-0.25, -0.2) is 13.2 Å². The summed E-state index contributed by atoms with van der Waals surface area (Å²) in [6.07, 6.45) is 6.81. The molecule has 0 aliphatic carbocycles. The van der Waals surface area contributed by atoms with Gasteiger partial charge in [0.15, 0.2) is 0 Å². The Morgan fingerprint density at radius 2 is 1.31 bits per heavy atom. The minimum absolute atomic E-state index is 0.176. The van der Waals surface area contributed by atoms with Crippen LogP contribution in [0.3, 0.4) is 0 Å². The molecule has 0 saturated carbocycles. The van der Waals surface area contributed by atoms with E-state index >= 15 is 0 Å². The first-order chi connectivity index (χ1) is 12.2. The molecule has 1 atom stereocenters. The molecule has 1 N–H and O–H groups in total. The van der Waals surface area contributed by atoms with E-state index in [2.05, 4.69) is 6.92 Å². The fourth-order valence-electron chi connectivity index (χ4n) is 4.09. The van der Waals surface area contributed by atoms with Gasteiger partial charge in [0, 0.05) is 23.6 Å². The predicted octanol–water partition coefficient (Wildman–Crippen LogP) is 6.98. The van der Waals surface area contributed by atoms with E-state index in [1.54, 1.807) is 0 Å². The normalized spacial score (nSPS) is 13.7. The van der Waals surface area contributed by atoms with Crippen LogP contribution in [0.5, 0.6) is 0 Å². The number of hydrogen-bond donors (Lipinski definition) is 1. The molecule has 0 amide bonds. The van der Waals surface area contributed by atoms with E-state index < -0.39 is 29.0 Å². The smallest absolute Gasteiger partial charge is 0.132 e. The van der Waals surface area contributed by atoms with Crippen LogP contribution in [0.15, 0.2) is 12.1 Å². The van der Waals surface area contributed by atoms with Crippen LogP contribution in [0, 0.1) is 29.3 Å². The average molecular weight is 373 g/mol. The third-order valence-electron chi connectivity index (χ3n) is 5.65. The Hall–Kier alpha value is -1.03. The van der Waals surface area contributed by atoms with Crippen molar-refractivity contribution >= 4 is 0 Å². The van der Waals surface area contributed by atoms with E-state index in [-0.39, 0.29) is 17.4 Å². The first-order valence-electron chi connectivity index (χ1n) is 10.0. The Labute approximate surface area is 157 Å². The number of rotatable bonds is 11. The molecule has 1 rings (SSSR count). The van der Waals surface area contributed by atoms with Gasteiger partial charge >= 0.3 is 0 Å². The summed E-state index contributed by atoms with van der Waals surface area (Å²) < 4.78 is 42.4. The monoisotopic (exact) mass is 372 g/mol. The van der Waals surface area contributed by atoms with E-state index in [9.17, 15) is 18.3 Å². The van der Waals surface area contributed by atoms with Gasteiger partial charge in [0.1, 0.15) is 17.5 Å². The highest BCUT2D eigenvalue weighted by atomic mass is 19.1. The zero-order valence-corrected chi connectivity index (χ0v) is 16.9. The van der Waals surface area contributed by atoms with E-state index in [4.69, 9.17) is 0 Å². The Kier molecular flexibility index (Phi) is 9.15. The first-order valence-corrected chi connectivity index (χ1v) is 10.0. The second-order valence-electron chi connectivity index (χ2n) is 8.09. The average Bonchev–Trinajstić information content (AvgIpc) is 2.54. The van der Waals surface area contributed by atoms with Crippen LogP contribution >= 0.6 is 0 Å². The second kappa shape index (κ2) is 10.3. The van der Waals surface area contributed by atoms with Crippen molar-refractivity contribution in [1.82, 2.24) is 0 Å². The molecule has 0 aliphatic heterocycles. The molecule has 26 heavy (non-hydrogen) atoms. The second-order valence-corrected chi connectivity index (χ2v) is 8.09. The van der Waals surface area contributed by atoms with Crippen LogP contribution in [0.25, 0.3) is 0 Å². The molecule has 0 aliphatic rings. The summed E-state index contributed by atoms with van der Waals surface area (Å²) in [7, 11) is 0. The number of halogens is 3. The first kappa shape index (κ1) is 23.0. The van der Waals surface area contributed by atoms with Gasteiger partial charge in [0.25, 0.3) is 0 Å². The molecule has 4 heteroatoms. The van der Waals surface area contributed by atoms with Crippen LogP contribution in [0.1, 0.15) is 91.0 Å². The van der Waals surface area contributed by atoms with Crippen molar-refractivity contribution < 1.29 is 18.3 Å². The predicted molar refractivity (Wildman–Crippen MR) is 102 cm³/mol. The lowest BCUT2D eigenvalue weighted by atomic mass is 9.67. The van der Waals surface area contributed by atoms with E-state index in [0.717, 1.165) is 32.1 Å². The van der Waals surface area contributed by atoms with Crippen LogP contribution in [-0.2, 0) is 0 Å². The number of aliphatic hydroxyl groups is 1. The molecular weight excluding hydrogens is 337 g/mol. The van der Waals surface area contributed by atoms with Gasteiger partial charge in [-0.1, -0.05) is 73.1 Å². The fourth-order valence-corrected chi connectivity index (χ4v) is 4.09. The van der Waals surface area contributed by atoms with Crippen LogP contribution in [0.4, 0.5) is 13.2 Å². The summed E-state index contributed by atoms with van der Waals surface area (Å²) >= 11 is 0. The number of unbranched alkanes of at least 4 members (excludes halogenated alkanes) is 5. The highest BCUT2D eigenvalue weighted by Crippen LogP contribution is 2.44. The molecule has 0 bridgehead atoms. The molecule has 1 aromatic rings. The third kappa shape index (κ3) is 5.48. The topological polar surface area (TPSA) is 20.2 Å². The minimum Gasteiger partial charge on any atom is -0.389 e. The summed E-state index contributed by atoms with van der Waals surface area (Å²) in [4.78, 5) is 0. The molecule has 0 heterocycles. The van der Waals surface area contributed by atoms with E-state index in [1.807, 2.05) is 27.7 Å². The summed E-state index contributed by atoms with van der Waals surface area (Å²) in [5, 5.41) is 11.4. The zero-order chi connectivity index (χ0) is 19.9. The minimum atomic E-state index is -1.26. The molecule has 150 valence electrons. The Balaban J connectivity index is 3.14. The van der Waals surface area contributed by atoms with E-state index in [0.29, 0.717) is 18.6 Å². The Bertz CT molecular complexity index is 523. The molecule has 1 aromatic carbocycles. The van der Waals surface area contributed by atoms with Crippen molar-refractivity contribution in [1.29, 1.82) is 0 Å². The van der Waals surface area contributed by atoms with Gasteiger partial charge in [0.2, 0.25) is 0 Å². The molecule has 0 fully saturated rings. The molecular formula is C22H35F3O. The fraction of sp³-hybridized carbons (Fsp3) is 0.727. The van der Waals surface area contributed by atoms with Crippen molar-refractivity contribution in [2.75, 3.05) is 0 Å². The van der Waals surface area contributed by atoms with Crippen molar-refractivity contribution in [3.05, 3.63) is 35.1 Å². The SMILES string of the molecule is CCCCCCCCC(c1c(F)cc(F)cc1F)C(O)(C(C)C)C(C)C. The maximum absolute atomic E-state index is 14.5. The lowest BCUT2D eigenvalue weighted by Crippen LogP contribution is -2.47. The van der Waals surface area contributed by atoms with Gasteiger partial charge in [-0.05, 0) is 18.3 Å². The van der Waals surface area contributed by atoms with Gasteiger partial charge in [-0.2, -0.15) is 0 Å². The summed E-state index contributed by atoms with van der Waals surface area (Å²) in [5.74, 6) is -3.81. The Morgan fingerprint density at radius 3 is 1.77 bits per heavy atom. The van der Waals surface area contributed by atoms with Gasteiger partial charge in [0.05, 0.1) is 5.60 Å². The highest BCUT2D eigenvalue weighted by molar-refractivity contribution is 5.28. The molecule has 1 unspecified atom stereocenters. The maximum Gasteiger partial charge on any atom is 0.132 e. The standard InChI is InChI=1S/C22H35F3O/c1-6-7-8-9-10-11-12-18(22(26,15(2)3)16(4)5)21-19(24)13-17(23)14-20(21)25/h13-16,18,26H,6-12H2,1-5H3. The van der Waals surface area contributed by atoms with Crippen molar-refractivity contribution in [2.24, 2.45) is 11.8 Å². The summed E-state index contributed by atoms with van der Waals surface area (Å²) in [5.41, 5.74) is -1.44. The Morgan fingerprint density at radius 1 is 0.846 bits per heavy atom. The van der Waals surface area contributed by atoms with Crippen LogP contribution in [0.2, 0.25) is 0 Å². The lowest BCUT2D eigenvalue weighted by molar-refractivity contribution is -0.0746. The van der Waals surface area contributed by atoms with Crippen molar-refractivity contribution in [3.63, 3.8) is 0 Å². The largest absolute Gasteiger partial charge is 0.389 e. The van der Waals surface area contributed by atoms with E-state index in [1.165, 1.54) is 6.42 Å². The molecule has 0 saturated heterocycles. The molecule has 0 aromatic heterocycles. The maximum atomic E-state index is 14.5. The molecule has 0 spiro atoms. The highest BCUT2D eigenvalue weighted by Gasteiger charge is 2.45. The van der Waals surface area contributed by atoms with Gasteiger partial charge in [-0.15, -0.1) is 0 Å². The van der Waals surface area contributed by atoms with Gasteiger partial charge in [-0.3, -0.25) is 0 Å². The lowest BCUT2D eigenvalue weighted by Gasteiger charge is -2.43. The van der Waals surface area contributed by atoms with Gasteiger partial charge < -0.3 is 5.11 Å². The quantitative estimate of drug-likeness (QED) is 0.415. The van der Waals surface area contributed by atoms with Crippen LogP contribution in [-0.4, -0.2) is 10.7 Å². The van der Waals surface area contributed by atoms with Crippen LogP contribution < -0.4 is 0 Å². The number of hydrogen-bond acceptors (Lipinski definition) is 1. The number of benzene rings is 1. The molecule has 0 radical (unpaired) electrons. The zero-order valence-electron chi connectivity index (χ0n) is 16.9. The third-order valence-corrected chi connectivity index (χ3v) is 5.65.